The van der Waals surface area contributed by atoms with E-state index < -0.39 is 4.92 Å². The van der Waals surface area contributed by atoms with Crippen molar-refractivity contribution in [3.8, 4) is 5.88 Å². The van der Waals surface area contributed by atoms with Crippen LogP contribution in [0, 0.1) is 17.0 Å². The minimum atomic E-state index is -0.528. The summed E-state index contributed by atoms with van der Waals surface area (Å²) in [7, 11) is 1.70. The van der Waals surface area contributed by atoms with Crippen LogP contribution in [0.1, 0.15) is 31.5 Å². The van der Waals surface area contributed by atoms with Crippen LogP contribution in [-0.2, 0) is 7.05 Å². The third-order valence-electron chi connectivity index (χ3n) is 3.52. The molecule has 1 aliphatic rings. The van der Waals surface area contributed by atoms with E-state index in [9.17, 15) is 10.1 Å². The Labute approximate surface area is 105 Å². The van der Waals surface area contributed by atoms with Crippen LogP contribution in [0.5, 0.6) is 5.88 Å². The molecule has 2 rings (SSSR count). The third kappa shape index (κ3) is 2.31. The van der Waals surface area contributed by atoms with Crippen molar-refractivity contribution >= 4 is 5.82 Å². The average molecular weight is 254 g/mol. The van der Waals surface area contributed by atoms with Crippen molar-refractivity contribution in [1.29, 1.82) is 0 Å². The SMILES string of the molecule is Cc1nc([N+](=O)[O-])c(OCC2(N)CCCC2)n1C. The van der Waals surface area contributed by atoms with Gasteiger partial charge in [-0.15, -0.1) is 0 Å². The maximum atomic E-state index is 10.9. The zero-order valence-corrected chi connectivity index (χ0v) is 10.7. The lowest BCUT2D eigenvalue weighted by atomic mass is 10.0. The molecule has 0 atom stereocenters. The second-order valence-electron chi connectivity index (χ2n) is 4.96. The van der Waals surface area contributed by atoms with Gasteiger partial charge in [0.1, 0.15) is 6.61 Å². The van der Waals surface area contributed by atoms with Gasteiger partial charge in [0.15, 0.2) is 0 Å². The van der Waals surface area contributed by atoms with E-state index in [0.29, 0.717) is 12.4 Å². The van der Waals surface area contributed by atoms with Crippen molar-refractivity contribution in [2.24, 2.45) is 12.8 Å². The molecule has 1 fully saturated rings. The van der Waals surface area contributed by atoms with Gasteiger partial charge in [0, 0.05) is 14.0 Å². The van der Waals surface area contributed by atoms with E-state index in [1.165, 1.54) is 0 Å². The highest BCUT2D eigenvalue weighted by molar-refractivity contribution is 5.36. The molecule has 0 aliphatic heterocycles. The van der Waals surface area contributed by atoms with Gasteiger partial charge in [-0.2, -0.15) is 0 Å². The van der Waals surface area contributed by atoms with Gasteiger partial charge in [0.25, 0.3) is 5.88 Å². The lowest BCUT2D eigenvalue weighted by Gasteiger charge is -2.23. The molecule has 0 saturated heterocycles. The molecule has 0 spiro atoms. The molecule has 1 heterocycles. The highest BCUT2D eigenvalue weighted by atomic mass is 16.6. The zero-order valence-electron chi connectivity index (χ0n) is 10.7. The highest BCUT2D eigenvalue weighted by Crippen LogP contribution is 2.31. The van der Waals surface area contributed by atoms with Gasteiger partial charge in [-0.1, -0.05) is 12.8 Å². The van der Waals surface area contributed by atoms with Crippen molar-refractivity contribution in [3.05, 3.63) is 15.9 Å². The first-order valence-corrected chi connectivity index (χ1v) is 6.02. The summed E-state index contributed by atoms with van der Waals surface area (Å²) >= 11 is 0. The summed E-state index contributed by atoms with van der Waals surface area (Å²) in [6.45, 7) is 2.00. The summed E-state index contributed by atoms with van der Waals surface area (Å²) in [5, 5.41) is 10.9. The van der Waals surface area contributed by atoms with Crippen LogP contribution in [-0.4, -0.2) is 26.6 Å². The predicted molar refractivity (Wildman–Crippen MR) is 65.5 cm³/mol. The van der Waals surface area contributed by atoms with Crippen LogP contribution < -0.4 is 10.5 Å². The Morgan fingerprint density at radius 3 is 2.72 bits per heavy atom. The van der Waals surface area contributed by atoms with Crippen LogP contribution in [0.15, 0.2) is 0 Å². The lowest BCUT2D eigenvalue weighted by Crippen LogP contribution is -2.42. The molecular weight excluding hydrogens is 236 g/mol. The summed E-state index contributed by atoms with van der Waals surface area (Å²) in [6, 6.07) is 0. The minimum Gasteiger partial charge on any atom is -0.471 e. The second-order valence-corrected chi connectivity index (χ2v) is 4.96. The molecule has 0 aromatic carbocycles. The number of nitrogens with two attached hydrogens (primary N) is 1. The van der Waals surface area contributed by atoms with E-state index in [0.717, 1.165) is 25.7 Å². The van der Waals surface area contributed by atoms with E-state index in [2.05, 4.69) is 4.98 Å². The number of hydrogen-bond acceptors (Lipinski definition) is 5. The minimum absolute atomic E-state index is 0.189. The first-order chi connectivity index (χ1) is 8.43. The molecule has 2 N–H and O–H groups in total. The number of imidazole rings is 1. The van der Waals surface area contributed by atoms with E-state index in [1.54, 1.807) is 18.5 Å². The van der Waals surface area contributed by atoms with Gasteiger partial charge in [-0.05, 0) is 22.7 Å². The van der Waals surface area contributed by atoms with Crippen LogP contribution in [0.2, 0.25) is 0 Å². The number of ether oxygens (including phenoxy) is 1. The van der Waals surface area contributed by atoms with Crippen LogP contribution >= 0.6 is 0 Å². The van der Waals surface area contributed by atoms with Crippen molar-refractivity contribution in [2.75, 3.05) is 6.61 Å². The summed E-state index contributed by atoms with van der Waals surface area (Å²) < 4.78 is 7.15. The summed E-state index contributed by atoms with van der Waals surface area (Å²) in [6.07, 6.45) is 3.98. The Morgan fingerprint density at radius 1 is 1.56 bits per heavy atom. The van der Waals surface area contributed by atoms with Crippen molar-refractivity contribution in [2.45, 2.75) is 38.1 Å². The average Bonchev–Trinajstić information content (AvgIpc) is 2.84. The number of rotatable bonds is 4. The Balaban J connectivity index is 2.15. The molecule has 18 heavy (non-hydrogen) atoms. The molecular formula is C11H18N4O3. The monoisotopic (exact) mass is 254 g/mol. The second kappa shape index (κ2) is 4.56. The lowest BCUT2D eigenvalue weighted by molar-refractivity contribution is -0.390. The van der Waals surface area contributed by atoms with Crippen molar-refractivity contribution in [1.82, 2.24) is 9.55 Å². The van der Waals surface area contributed by atoms with Crippen molar-refractivity contribution < 1.29 is 9.66 Å². The summed E-state index contributed by atoms with van der Waals surface area (Å²) in [5.41, 5.74) is 5.81. The zero-order chi connectivity index (χ0) is 13.3. The topological polar surface area (TPSA) is 96.2 Å². The summed E-state index contributed by atoms with van der Waals surface area (Å²) in [4.78, 5) is 14.2. The van der Waals surface area contributed by atoms with E-state index >= 15 is 0 Å². The van der Waals surface area contributed by atoms with Gasteiger partial charge < -0.3 is 20.6 Å². The molecule has 0 bridgehead atoms. The Bertz CT molecular complexity index is 463. The van der Waals surface area contributed by atoms with Gasteiger partial charge in [0.05, 0.1) is 5.54 Å². The Morgan fingerprint density at radius 2 is 2.17 bits per heavy atom. The van der Waals surface area contributed by atoms with E-state index in [-0.39, 0.29) is 17.2 Å². The molecule has 0 radical (unpaired) electrons. The molecule has 1 aromatic heterocycles. The van der Waals surface area contributed by atoms with E-state index in [1.807, 2.05) is 0 Å². The fourth-order valence-electron chi connectivity index (χ4n) is 2.29. The van der Waals surface area contributed by atoms with Gasteiger partial charge >= 0.3 is 5.82 Å². The number of aromatic nitrogens is 2. The quantitative estimate of drug-likeness (QED) is 0.645. The number of nitrogens with zero attached hydrogens (tertiary/aromatic N) is 3. The molecule has 1 aliphatic carbocycles. The normalized spacial score (nSPS) is 17.9. The van der Waals surface area contributed by atoms with Crippen LogP contribution in [0.4, 0.5) is 5.82 Å². The molecule has 0 unspecified atom stereocenters. The van der Waals surface area contributed by atoms with Gasteiger partial charge in [-0.25, -0.2) is 0 Å². The molecule has 7 nitrogen and oxygen atoms in total. The fraction of sp³-hybridized carbons (Fsp3) is 0.727. The largest absolute Gasteiger partial charge is 0.471 e. The third-order valence-corrected chi connectivity index (χ3v) is 3.52. The number of hydrogen-bond donors (Lipinski definition) is 1. The molecule has 0 amide bonds. The standard InChI is InChI=1S/C11H18N4O3/c1-8-13-9(15(16)17)10(14(8)2)18-7-11(12)5-3-4-6-11/h3-7,12H2,1-2H3. The Kier molecular flexibility index (Phi) is 3.25. The maximum Gasteiger partial charge on any atom is 0.426 e. The first kappa shape index (κ1) is 12.8. The molecule has 1 saturated carbocycles. The predicted octanol–water partition coefficient (Wildman–Crippen LogP) is 1.29. The molecule has 100 valence electrons. The maximum absolute atomic E-state index is 10.9. The summed E-state index contributed by atoms with van der Waals surface area (Å²) in [5.74, 6) is 0.500. The molecule has 1 aromatic rings. The number of nitro groups is 1. The fourth-order valence-corrected chi connectivity index (χ4v) is 2.29. The first-order valence-electron chi connectivity index (χ1n) is 6.02. The van der Waals surface area contributed by atoms with E-state index in [4.69, 9.17) is 10.5 Å². The smallest absolute Gasteiger partial charge is 0.426 e. The highest BCUT2D eigenvalue weighted by Gasteiger charge is 2.33. The molecule has 7 heteroatoms. The van der Waals surface area contributed by atoms with Crippen LogP contribution in [0.3, 0.4) is 0 Å². The van der Waals surface area contributed by atoms with Crippen LogP contribution in [0.25, 0.3) is 0 Å². The van der Waals surface area contributed by atoms with Gasteiger partial charge in [-0.3, -0.25) is 4.57 Å². The Hall–Kier alpha value is -1.63. The van der Waals surface area contributed by atoms with Crippen molar-refractivity contribution in [3.63, 3.8) is 0 Å². The van der Waals surface area contributed by atoms with Gasteiger partial charge in [0.2, 0.25) is 5.82 Å². The number of aryl methyl sites for hydroxylation is 1.